The van der Waals surface area contributed by atoms with Gasteiger partial charge in [-0.1, -0.05) is 24.3 Å². The van der Waals surface area contributed by atoms with Crippen molar-refractivity contribution in [2.24, 2.45) is 4.99 Å². The average Bonchev–Trinajstić information content (AvgIpc) is 3.16. The summed E-state index contributed by atoms with van der Waals surface area (Å²) in [7, 11) is 3.80. The number of nitrogens with one attached hydrogen (secondary N) is 1. The maximum atomic E-state index is 13.0. The van der Waals surface area contributed by atoms with Crippen LogP contribution in [-0.4, -0.2) is 36.5 Å². The number of aryl methyl sites for hydroxylation is 1. The van der Waals surface area contributed by atoms with Crippen molar-refractivity contribution in [3.63, 3.8) is 0 Å². The molecule has 0 saturated carbocycles. The van der Waals surface area contributed by atoms with E-state index in [1.807, 2.05) is 13.1 Å². The second-order valence-corrected chi connectivity index (χ2v) is 6.66. The number of guanidine groups is 1. The molecule has 1 aromatic heterocycles. The fourth-order valence-corrected chi connectivity index (χ4v) is 2.95. The van der Waals surface area contributed by atoms with Gasteiger partial charge < -0.3 is 14.6 Å². The Bertz CT molecular complexity index is 940. The Labute approximate surface area is 188 Å². The van der Waals surface area contributed by atoms with Gasteiger partial charge in [-0.25, -0.2) is 9.37 Å². The highest BCUT2D eigenvalue weighted by Crippen LogP contribution is 2.19. The number of oxazole rings is 1. The molecule has 0 fully saturated rings. The maximum absolute atomic E-state index is 13.0. The molecule has 5 nitrogen and oxygen atoms in total. The van der Waals surface area contributed by atoms with Crippen molar-refractivity contribution in [2.75, 3.05) is 20.6 Å². The van der Waals surface area contributed by atoms with Crippen LogP contribution in [0.15, 0.2) is 64.2 Å². The molecule has 1 heterocycles. The molecule has 0 unspecified atom stereocenters. The Morgan fingerprint density at radius 1 is 1.17 bits per heavy atom. The van der Waals surface area contributed by atoms with Crippen LogP contribution in [0.2, 0.25) is 0 Å². The van der Waals surface area contributed by atoms with Gasteiger partial charge in [0.15, 0.2) is 5.96 Å². The highest BCUT2D eigenvalue weighted by molar-refractivity contribution is 14.0. The molecule has 0 aliphatic heterocycles. The van der Waals surface area contributed by atoms with E-state index >= 15 is 0 Å². The lowest BCUT2D eigenvalue weighted by Crippen LogP contribution is -2.39. The third-order valence-electron chi connectivity index (χ3n) is 4.55. The zero-order valence-electron chi connectivity index (χ0n) is 16.9. The van der Waals surface area contributed by atoms with E-state index in [0.717, 1.165) is 23.8 Å². The Hall–Kier alpha value is -2.42. The minimum atomic E-state index is -0.277. The van der Waals surface area contributed by atoms with Crippen LogP contribution in [0.4, 0.5) is 4.39 Å². The van der Waals surface area contributed by atoms with Gasteiger partial charge in [-0.2, -0.15) is 0 Å². The van der Waals surface area contributed by atoms with Gasteiger partial charge in [0.05, 0.1) is 5.69 Å². The van der Waals surface area contributed by atoms with Crippen LogP contribution < -0.4 is 5.32 Å². The minimum absolute atomic E-state index is 0. The summed E-state index contributed by atoms with van der Waals surface area (Å²) in [6, 6.07) is 14.5. The molecule has 0 saturated heterocycles. The van der Waals surface area contributed by atoms with Gasteiger partial charge >= 0.3 is 0 Å². The Morgan fingerprint density at radius 3 is 2.59 bits per heavy atom. The SMILES string of the molecule is CN=C(NCCc1coc(-c2ccc(F)cc2)n1)N(C)Cc1ccccc1C.I. The van der Waals surface area contributed by atoms with Crippen LogP contribution in [0.1, 0.15) is 16.8 Å². The monoisotopic (exact) mass is 508 g/mol. The first-order valence-corrected chi connectivity index (χ1v) is 9.23. The van der Waals surface area contributed by atoms with E-state index in [1.54, 1.807) is 25.4 Å². The van der Waals surface area contributed by atoms with Crippen molar-refractivity contribution in [3.8, 4) is 11.5 Å². The average molecular weight is 508 g/mol. The summed E-state index contributed by atoms with van der Waals surface area (Å²) in [5.74, 6) is 1.04. The second-order valence-electron chi connectivity index (χ2n) is 6.66. The maximum Gasteiger partial charge on any atom is 0.226 e. The molecule has 0 atom stereocenters. The van der Waals surface area contributed by atoms with E-state index in [2.05, 4.69) is 45.3 Å². The lowest BCUT2D eigenvalue weighted by molar-refractivity contribution is 0.476. The van der Waals surface area contributed by atoms with Gasteiger partial charge in [0, 0.05) is 39.2 Å². The standard InChI is InChI=1S/C22H25FN4O.HI/c1-16-6-4-5-7-18(16)14-27(3)22(24-2)25-13-12-20-15-28-21(26-20)17-8-10-19(23)11-9-17;/h4-11,15H,12-14H2,1-3H3,(H,24,25);1H. The molecule has 0 spiro atoms. The summed E-state index contributed by atoms with van der Waals surface area (Å²) in [6.45, 7) is 3.58. The molecule has 0 radical (unpaired) electrons. The third-order valence-corrected chi connectivity index (χ3v) is 4.55. The topological polar surface area (TPSA) is 53.7 Å². The summed E-state index contributed by atoms with van der Waals surface area (Å²) in [4.78, 5) is 10.9. The van der Waals surface area contributed by atoms with Crippen molar-refractivity contribution in [1.82, 2.24) is 15.2 Å². The molecular weight excluding hydrogens is 482 g/mol. The Morgan fingerprint density at radius 2 is 1.90 bits per heavy atom. The van der Waals surface area contributed by atoms with E-state index in [1.165, 1.54) is 23.3 Å². The van der Waals surface area contributed by atoms with Gasteiger partial charge in [-0.15, -0.1) is 24.0 Å². The van der Waals surface area contributed by atoms with Crippen LogP contribution in [0.25, 0.3) is 11.5 Å². The van der Waals surface area contributed by atoms with Crippen LogP contribution in [-0.2, 0) is 13.0 Å². The van der Waals surface area contributed by atoms with E-state index in [9.17, 15) is 4.39 Å². The van der Waals surface area contributed by atoms with Crippen molar-refractivity contribution in [3.05, 3.63) is 77.4 Å². The van der Waals surface area contributed by atoms with Gasteiger partial charge in [0.2, 0.25) is 5.89 Å². The van der Waals surface area contributed by atoms with Crippen LogP contribution in [0.5, 0.6) is 0 Å². The first-order valence-electron chi connectivity index (χ1n) is 9.23. The number of hydrogen-bond donors (Lipinski definition) is 1. The molecule has 0 aliphatic rings. The molecule has 3 aromatic rings. The molecular formula is C22H26FIN4O. The Kier molecular flexibility index (Phi) is 8.63. The molecule has 1 N–H and O–H groups in total. The molecule has 7 heteroatoms. The molecule has 154 valence electrons. The highest BCUT2D eigenvalue weighted by atomic mass is 127. The van der Waals surface area contributed by atoms with E-state index in [-0.39, 0.29) is 29.8 Å². The van der Waals surface area contributed by atoms with Crippen molar-refractivity contribution < 1.29 is 8.81 Å². The number of aliphatic imine (C=N–C) groups is 1. The smallest absolute Gasteiger partial charge is 0.226 e. The highest BCUT2D eigenvalue weighted by Gasteiger charge is 2.10. The van der Waals surface area contributed by atoms with Crippen LogP contribution in [0, 0.1) is 12.7 Å². The van der Waals surface area contributed by atoms with Gasteiger partial charge in [0.25, 0.3) is 0 Å². The van der Waals surface area contributed by atoms with Crippen molar-refractivity contribution >= 4 is 29.9 Å². The van der Waals surface area contributed by atoms with Gasteiger partial charge in [-0.05, 0) is 42.3 Å². The molecule has 0 amide bonds. The second kappa shape index (κ2) is 10.9. The number of halogens is 2. The fourth-order valence-electron chi connectivity index (χ4n) is 2.95. The quantitative estimate of drug-likeness (QED) is 0.299. The number of hydrogen-bond acceptors (Lipinski definition) is 3. The lowest BCUT2D eigenvalue weighted by atomic mass is 10.1. The van der Waals surface area contributed by atoms with Crippen molar-refractivity contribution in [2.45, 2.75) is 19.9 Å². The molecule has 2 aromatic carbocycles. The molecule has 3 rings (SSSR count). The number of nitrogens with zero attached hydrogens (tertiary/aromatic N) is 3. The summed E-state index contributed by atoms with van der Waals surface area (Å²) < 4.78 is 18.5. The molecule has 0 bridgehead atoms. The van der Waals surface area contributed by atoms with E-state index in [4.69, 9.17) is 4.42 Å². The number of aromatic nitrogens is 1. The predicted molar refractivity (Wildman–Crippen MR) is 125 cm³/mol. The van der Waals surface area contributed by atoms with E-state index in [0.29, 0.717) is 18.9 Å². The summed E-state index contributed by atoms with van der Waals surface area (Å²) in [5.41, 5.74) is 4.13. The first kappa shape index (κ1) is 22.9. The van der Waals surface area contributed by atoms with Gasteiger partial charge in [0.1, 0.15) is 12.1 Å². The Balaban J connectivity index is 0.00000300. The fraction of sp³-hybridized carbons (Fsp3) is 0.273. The summed E-state index contributed by atoms with van der Waals surface area (Å²) >= 11 is 0. The summed E-state index contributed by atoms with van der Waals surface area (Å²) in [5, 5.41) is 3.36. The van der Waals surface area contributed by atoms with E-state index < -0.39 is 0 Å². The van der Waals surface area contributed by atoms with Crippen LogP contribution in [0.3, 0.4) is 0 Å². The van der Waals surface area contributed by atoms with Gasteiger partial charge in [-0.3, -0.25) is 4.99 Å². The first-order chi connectivity index (χ1) is 13.6. The predicted octanol–water partition coefficient (Wildman–Crippen LogP) is 4.66. The zero-order valence-corrected chi connectivity index (χ0v) is 19.2. The molecule has 29 heavy (non-hydrogen) atoms. The number of rotatable bonds is 6. The molecule has 0 aliphatic carbocycles. The normalized spacial score (nSPS) is 11.1. The zero-order chi connectivity index (χ0) is 19.9. The largest absolute Gasteiger partial charge is 0.444 e. The summed E-state index contributed by atoms with van der Waals surface area (Å²) in [6.07, 6.45) is 2.34. The minimum Gasteiger partial charge on any atom is -0.444 e. The number of benzene rings is 2. The third kappa shape index (κ3) is 6.28. The van der Waals surface area contributed by atoms with Crippen LogP contribution >= 0.6 is 24.0 Å². The lowest BCUT2D eigenvalue weighted by Gasteiger charge is -2.22. The van der Waals surface area contributed by atoms with Crippen molar-refractivity contribution in [1.29, 1.82) is 0 Å².